The summed E-state index contributed by atoms with van der Waals surface area (Å²) in [6, 6.07) is 0. The van der Waals surface area contributed by atoms with Gasteiger partial charge in [-0.2, -0.15) is 0 Å². The third-order valence-electron chi connectivity index (χ3n) is 8.56. The van der Waals surface area contributed by atoms with Crippen LogP contribution in [-0.2, 0) is 34.1 Å². The summed E-state index contributed by atoms with van der Waals surface area (Å²) in [6.45, 7) is 1.92. The normalized spacial score (nSPS) is 38.2. The van der Waals surface area contributed by atoms with Crippen LogP contribution in [0.1, 0.15) is 77.0 Å². The molecule has 1 aromatic rings. The van der Waals surface area contributed by atoms with E-state index in [2.05, 4.69) is 0 Å². The highest BCUT2D eigenvalue weighted by Gasteiger charge is 2.61. The minimum atomic E-state index is -1.92. The first-order chi connectivity index (χ1) is 17.7. The van der Waals surface area contributed by atoms with E-state index in [9.17, 15) is 29.7 Å². The first kappa shape index (κ1) is 23.3. The van der Waals surface area contributed by atoms with E-state index < -0.39 is 77.0 Å². The zero-order valence-corrected chi connectivity index (χ0v) is 20.0. The van der Waals surface area contributed by atoms with E-state index in [0.29, 0.717) is 13.0 Å². The fourth-order valence-corrected chi connectivity index (χ4v) is 6.76. The second kappa shape index (κ2) is 7.84. The number of benzene rings is 1. The van der Waals surface area contributed by atoms with Gasteiger partial charge < -0.3 is 39.0 Å². The van der Waals surface area contributed by atoms with Gasteiger partial charge in [0.1, 0.15) is 23.2 Å². The maximum atomic E-state index is 13.7. The van der Waals surface area contributed by atoms with E-state index in [4.69, 9.17) is 23.7 Å². The smallest absolute Gasteiger partial charge is 0.309 e. The van der Waals surface area contributed by atoms with Gasteiger partial charge >= 0.3 is 5.97 Å². The number of Topliss-reactive ketones (excluding diaryl/α,β-unsaturated/α-hetero) is 2. The van der Waals surface area contributed by atoms with Crippen molar-refractivity contribution in [1.29, 1.82) is 0 Å². The number of phenols is 2. The minimum absolute atomic E-state index is 0.0382. The predicted octanol–water partition coefficient (Wildman–Crippen LogP) is 1.45. The third kappa shape index (κ3) is 2.97. The summed E-state index contributed by atoms with van der Waals surface area (Å²) >= 11 is 0. The molecule has 8 rings (SSSR count). The molecule has 1 aromatic carbocycles. The van der Waals surface area contributed by atoms with Gasteiger partial charge in [-0.25, -0.2) is 0 Å². The van der Waals surface area contributed by atoms with Crippen LogP contribution in [0, 0.1) is 0 Å². The number of hydrogen-bond acceptors (Lipinski definition) is 11. The molecular formula is C26H26O11. The monoisotopic (exact) mass is 514 g/mol. The topological polar surface area (TPSA) is 158 Å². The molecule has 3 saturated heterocycles. The minimum Gasteiger partial charge on any atom is -0.507 e. The summed E-state index contributed by atoms with van der Waals surface area (Å²) in [5.41, 5.74) is -2.82. The quantitative estimate of drug-likeness (QED) is 0.387. The Balaban J connectivity index is 1.37. The summed E-state index contributed by atoms with van der Waals surface area (Å²) in [4.78, 5) is 39.2. The third-order valence-corrected chi connectivity index (χ3v) is 8.56. The largest absolute Gasteiger partial charge is 0.507 e. The number of aliphatic hydroxyl groups is 1. The molecule has 0 amide bonds. The summed E-state index contributed by atoms with van der Waals surface area (Å²) in [5.74, 6) is -3.14. The fourth-order valence-electron chi connectivity index (χ4n) is 6.76. The van der Waals surface area contributed by atoms with Crippen LogP contribution in [0.4, 0.5) is 0 Å². The molecular weight excluding hydrogens is 488 g/mol. The molecule has 0 saturated carbocycles. The van der Waals surface area contributed by atoms with Crippen molar-refractivity contribution in [3.8, 4) is 11.5 Å². The number of ether oxygens (including phenoxy) is 5. The molecule has 3 N–H and O–H groups in total. The number of hydrogen-bond donors (Lipinski definition) is 3. The molecule has 5 heterocycles. The number of phenolic OH excluding ortho intramolecular Hbond substituents is 2. The van der Waals surface area contributed by atoms with Gasteiger partial charge in [0.15, 0.2) is 24.0 Å². The Bertz CT molecular complexity index is 1290. The molecule has 7 atom stereocenters. The number of rotatable bonds is 2. The van der Waals surface area contributed by atoms with Gasteiger partial charge in [-0.05, 0) is 26.2 Å². The Morgan fingerprint density at radius 3 is 2.57 bits per heavy atom. The molecule has 5 aliphatic heterocycles. The van der Waals surface area contributed by atoms with Gasteiger partial charge in [0.25, 0.3) is 0 Å². The lowest BCUT2D eigenvalue weighted by Gasteiger charge is -2.54. The molecule has 196 valence electrons. The Morgan fingerprint density at radius 2 is 1.81 bits per heavy atom. The number of carbonyl (C=O) groups excluding carboxylic acids is 3. The van der Waals surface area contributed by atoms with E-state index in [0.717, 1.165) is 12.8 Å². The number of esters is 1. The lowest BCUT2D eigenvalue weighted by atomic mass is 9.66. The first-order valence-corrected chi connectivity index (χ1v) is 12.6. The second-order valence-corrected chi connectivity index (χ2v) is 10.5. The summed E-state index contributed by atoms with van der Waals surface area (Å²) in [6.07, 6.45) is -2.25. The summed E-state index contributed by atoms with van der Waals surface area (Å²) < 4.78 is 28.7. The first-order valence-electron chi connectivity index (χ1n) is 12.6. The van der Waals surface area contributed by atoms with E-state index in [-0.39, 0.29) is 47.3 Å². The molecule has 0 aromatic heterocycles. The van der Waals surface area contributed by atoms with E-state index >= 15 is 0 Å². The van der Waals surface area contributed by atoms with Crippen molar-refractivity contribution in [3.05, 3.63) is 33.4 Å². The van der Waals surface area contributed by atoms with Crippen molar-refractivity contribution in [2.24, 2.45) is 0 Å². The maximum Gasteiger partial charge on any atom is 0.309 e. The molecule has 37 heavy (non-hydrogen) atoms. The molecule has 7 aliphatic rings. The predicted molar refractivity (Wildman–Crippen MR) is 120 cm³/mol. The van der Waals surface area contributed by atoms with Crippen LogP contribution in [0.5, 0.6) is 11.5 Å². The summed E-state index contributed by atoms with van der Waals surface area (Å²) in [7, 11) is 0. The van der Waals surface area contributed by atoms with E-state index in [1.807, 2.05) is 0 Å². The lowest BCUT2D eigenvalue weighted by molar-refractivity contribution is -0.299. The molecule has 2 aliphatic carbocycles. The molecule has 3 fully saturated rings. The van der Waals surface area contributed by atoms with E-state index in [1.54, 1.807) is 6.92 Å². The van der Waals surface area contributed by atoms with Crippen LogP contribution >= 0.6 is 0 Å². The number of fused-ring (bicyclic) bond motifs is 5. The Morgan fingerprint density at radius 1 is 1.03 bits per heavy atom. The molecule has 0 radical (unpaired) electrons. The van der Waals surface area contributed by atoms with Gasteiger partial charge in [0.05, 0.1) is 48.0 Å². The van der Waals surface area contributed by atoms with E-state index in [1.165, 1.54) is 0 Å². The Hall–Kier alpha value is -2.83. The maximum absolute atomic E-state index is 13.7. The average molecular weight is 514 g/mol. The Labute approximate surface area is 210 Å². The molecule has 7 unspecified atom stereocenters. The highest BCUT2D eigenvalue weighted by atomic mass is 16.7. The van der Waals surface area contributed by atoms with Crippen molar-refractivity contribution in [3.63, 3.8) is 0 Å². The van der Waals surface area contributed by atoms with Crippen LogP contribution < -0.4 is 0 Å². The lowest BCUT2D eigenvalue weighted by Crippen LogP contribution is -2.60. The summed E-state index contributed by atoms with van der Waals surface area (Å²) in [5, 5.41) is 34.9. The van der Waals surface area contributed by atoms with Crippen molar-refractivity contribution in [2.75, 3.05) is 13.2 Å². The van der Waals surface area contributed by atoms with Gasteiger partial charge in [-0.15, -0.1) is 0 Å². The second-order valence-electron chi connectivity index (χ2n) is 10.5. The molecule has 0 spiro atoms. The van der Waals surface area contributed by atoms with Crippen LogP contribution in [0.25, 0.3) is 0 Å². The van der Waals surface area contributed by atoms with Crippen molar-refractivity contribution < 1.29 is 53.4 Å². The van der Waals surface area contributed by atoms with Crippen LogP contribution in [0.3, 0.4) is 0 Å². The van der Waals surface area contributed by atoms with Crippen molar-refractivity contribution in [1.82, 2.24) is 0 Å². The number of ketones is 2. The van der Waals surface area contributed by atoms with Crippen LogP contribution in [-0.4, -0.2) is 76.8 Å². The van der Waals surface area contributed by atoms with Gasteiger partial charge in [-0.1, -0.05) is 0 Å². The van der Waals surface area contributed by atoms with Crippen molar-refractivity contribution >= 4 is 17.5 Å². The standard InChI is InChI=1S/C26H26O11/c1-9-26(32)13(36-15-4-2-3-5-33-15)6-11(35-9)17-20(26)24(31)18-19(23(17)30)22(29)16-10(21(18)28)8-34-12-7-14(27)37-25(12)16/h9,11-13,15,25,30-32H,2-8H2,1H3. The molecule has 2 bridgehead atoms. The highest BCUT2D eigenvalue weighted by molar-refractivity contribution is 6.30. The molecule has 11 heteroatoms. The number of aromatic hydroxyl groups is 2. The van der Waals surface area contributed by atoms with Crippen molar-refractivity contribution in [2.45, 2.75) is 81.4 Å². The van der Waals surface area contributed by atoms with Crippen LogP contribution in [0.2, 0.25) is 0 Å². The SMILES string of the molecule is CC1OC2CC(OC3CCCCO3)C1(O)c1c(O)c3c(c(O)c12)C(=O)C1=C(COC2CC(=O)OC12)C3=O. The number of carbonyl (C=O) groups is 3. The van der Waals surface area contributed by atoms with Gasteiger partial charge in [-0.3, -0.25) is 14.4 Å². The average Bonchev–Trinajstić information content (AvgIpc) is 3.26. The molecule has 11 nitrogen and oxygen atoms in total. The van der Waals surface area contributed by atoms with Gasteiger partial charge in [0, 0.05) is 29.7 Å². The highest BCUT2D eigenvalue weighted by Crippen LogP contribution is 2.60. The zero-order valence-electron chi connectivity index (χ0n) is 20.0. The van der Waals surface area contributed by atoms with Gasteiger partial charge in [0.2, 0.25) is 0 Å². The zero-order chi connectivity index (χ0) is 25.8. The Kier molecular flexibility index (Phi) is 4.94. The van der Waals surface area contributed by atoms with Crippen LogP contribution in [0.15, 0.2) is 11.1 Å². The fraction of sp³-hybridized carbons (Fsp3) is 0.577.